The maximum atomic E-state index is 12.1. The Balaban J connectivity index is 1.30. The van der Waals surface area contributed by atoms with E-state index in [4.69, 9.17) is 4.52 Å². The molecule has 1 saturated carbocycles. The summed E-state index contributed by atoms with van der Waals surface area (Å²) < 4.78 is 5.30. The van der Waals surface area contributed by atoms with E-state index in [-0.39, 0.29) is 5.91 Å². The number of nitrogens with one attached hydrogen (secondary N) is 1. The van der Waals surface area contributed by atoms with Gasteiger partial charge in [-0.05, 0) is 49.1 Å². The van der Waals surface area contributed by atoms with Crippen molar-refractivity contribution in [1.82, 2.24) is 15.1 Å². The van der Waals surface area contributed by atoms with E-state index >= 15 is 0 Å². The summed E-state index contributed by atoms with van der Waals surface area (Å²) in [4.78, 5) is 20.9. The quantitative estimate of drug-likeness (QED) is 0.616. The standard InChI is InChI=1S/C20H20N4O2S/c1-2-13-3-8-16(9-4-13)22-17(25)12-27-18-10-7-15(11-21-18)20-23-19(24-26-20)14-5-6-14/h3-4,7-11,14H,2,5-6,12H2,1H3,(H,22,25). The number of aromatic nitrogens is 3. The first-order chi connectivity index (χ1) is 13.2. The summed E-state index contributed by atoms with van der Waals surface area (Å²) in [7, 11) is 0. The molecule has 0 atom stereocenters. The van der Waals surface area contributed by atoms with Crippen molar-refractivity contribution in [2.24, 2.45) is 0 Å². The molecule has 1 aliphatic rings. The number of anilines is 1. The van der Waals surface area contributed by atoms with Crippen molar-refractivity contribution in [1.29, 1.82) is 0 Å². The second kappa shape index (κ2) is 7.92. The van der Waals surface area contributed by atoms with Crippen LogP contribution in [-0.2, 0) is 11.2 Å². The lowest BCUT2D eigenvalue weighted by Gasteiger charge is -2.06. The van der Waals surface area contributed by atoms with Crippen LogP contribution in [0.5, 0.6) is 0 Å². The summed E-state index contributed by atoms with van der Waals surface area (Å²) in [5.74, 6) is 1.98. The molecule has 1 N–H and O–H groups in total. The Hall–Kier alpha value is -2.67. The SMILES string of the molecule is CCc1ccc(NC(=O)CSc2ccc(-c3nc(C4CC4)no3)cn2)cc1. The van der Waals surface area contributed by atoms with Crippen molar-refractivity contribution in [2.75, 3.05) is 11.1 Å². The highest BCUT2D eigenvalue weighted by Crippen LogP contribution is 2.38. The molecule has 0 spiro atoms. The van der Waals surface area contributed by atoms with Gasteiger partial charge >= 0.3 is 0 Å². The fourth-order valence-corrected chi connectivity index (χ4v) is 3.25. The molecule has 27 heavy (non-hydrogen) atoms. The van der Waals surface area contributed by atoms with Crippen LogP contribution in [0.3, 0.4) is 0 Å². The Kier molecular flexibility index (Phi) is 5.20. The smallest absolute Gasteiger partial charge is 0.259 e. The Labute approximate surface area is 161 Å². The molecule has 0 unspecified atom stereocenters. The van der Waals surface area contributed by atoms with Crippen LogP contribution in [0.15, 0.2) is 52.1 Å². The maximum Gasteiger partial charge on any atom is 0.259 e. The minimum absolute atomic E-state index is 0.0545. The van der Waals surface area contributed by atoms with E-state index in [1.54, 1.807) is 6.20 Å². The zero-order valence-electron chi connectivity index (χ0n) is 15.0. The highest BCUT2D eigenvalue weighted by Gasteiger charge is 2.29. The van der Waals surface area contributed by atoms with Crippen LogP contribution in [0.4, 0.5) is 5.69 Å². The lowest BCUT2D eigenvalue weighted by molar-refractivity contribution is -0.113. The Bertz CT molecular complexity index is 918. The van der Waals surface area contributed by atoms with Crippen LogP contribution >= 0.6 is 11.8 Å². The number of pyridine rings is 1. The van der Waals surface area contributed by atoms with Gasteiger partial charge in [-0.1, -0.05) is 36.0 Å². The fraction of sp³-hybridized carbons (Fsp3) is 0.300. The Morgan fingerprint density at radius 3 is 2.70 bits per heavy atom. The number of carbonyl (C=O) groups is 1. The summed E-state index contributed by atoms with van der Waals surface area (Å²) in [6.45, 7) is 2.10. The van der Waals surface area contributed by atoms with Crippen molar-refractivity contribution in [3.63, 3.8) is 0 Å². The van der Waals surface area contributed by atoms with Gasteiger partial charge in [0.15, 0.2) is 5.82 Å². The third kappa shape index (κ3) is 4.54. The lowest BCUT2D eigenvalue weighted by Crippen LogP contribution is -2.14. The molecule has 1 aliphatic carbocycles. The van der Waals surface area contributed by atoms with Crippen LogP contribution in [-0.4, -0.2) is 26.8 Å². The van der Waals surface area contributed by atoms with E-state index in [1.165, 1.54) is 17.3 Å². The molecule has 3 aromatic rings. The molecule has 138 valence electrons. The number of nitrogens with zero attached hydrogens (tertiary/aromatic N) is 3. The van der Waals surface area contributed by atoms with Gasteiger partial charge in [-0.3, -0.25) is 4.79 Å². The van der Waals surface area contributed by atoms with Crippen molar-refractivity contribution >= 4 is 23.4 Å². The van der Waals surface area contributed by atoms with Gasteiger partial charge in [-0.2, -0.15) is 4.98 Å². The molecule has 0 bridgehead atoms. The van der Waals surface area contributed by atoms with Gasteiger partial charge in [0.25, 0.3) is 5.89 Å². The first-order valence-corrected chi connectivity index (χ1v) is 10.0. The molecule has 0 aliphatic heterocycles. The van der Waals surface area contributed by atoms with Gasteiger partial charge in [-0.25, -0.2) is 4.98 Å². The highest BCUT2D eigenvalue weighted by molar-refractivity contribution is 7.99. The summed E-state index contributed by atoms with van der Waals surface area (Å²) >= 11 is 1.39. The molecule has 1 aromatic carbocycles. The Morgan fingerprint density at radius 2 is 2.04 bits per heavy atom. The highest BCUT2D eigenvalue weighted by atomic mass is 32.2. The predicted octanol–water partition coefficient (Wildman–Crippen LogP) is 4.30. The van der Waals surface area contributed by atoms with Crippen LogP contribution < -0.4 is 5.32 Å². The van der Waals surface area contributed by atoms with Gasteiger partial charge < -0.3 is 9.84 Å². The summed E-state index contributed by atoms with van der Waals surface area (Å²) in [5.41, 5.74) is 2.85. The van der Waals surface area contributed by atoms with E-state index in [1.807, 2.05) is 36.4 Å². The van der Waals surface area contributed by atoms with Crippen LogP contribution in [0.1, 0.15) is 37.1 Å². The summed E-state index contributed by atoms with van der Waals surface area (Å²) in [5, 5.41) is 7.69. The van der Waals surface area contributed by atoms with Crippen molar-refractivity contribution < 1.29 is 9.32 Å². The van der Waals surface area contributed by atoms with Crippen molar-refractivity contribution in [3.8, 4) is 11.5 Å². The number of hydrogen-bond donors (Lipinski definition) is 1. The second-order valence-electron chi connectivity index (χ2n) is 6.50. The first kappa shape index (κ1) is 17.7. The lowest BCUT2D eigenvalue weighted by atomic mass is 10.1. The molecule has 2 heterocycles. The van der Waals surface area contributed by atoms with E-state index in [0.717, 1.165) is 41.4 Å². The molecule has 1 fully saturated rings. The number of benzene rings is 1. The second-order valence-corrected chi connectivity index (χ2v) is 7.50. The summed E-state index contributed by atoms with van der Waals surface area (Å²) in [6.07, 6.45) is 4.96. The van der Waals surface area contributed by atoms with Crippen molar-refractivity contribution in [3.05, 3.63) is 54.0 Å². The average molecular weight is 380 g/mol. The number of amides is 1. The topological polar surface area (TPSA) is 80.9 Å². The molecular formula is C20H20N4O2S. The zero-order chi connectivity index (χ0) is 18.6. The number of thioether (sulfide) groups is 1. The van der Waals surface area contributed by atoms with Crippen LogP contribution in [0.2, 0.25) is 0 Å². The molecule has 6 nitrogen and oxygen atoms in total. The van der Waals surface area contributed by atoms with Gasteiger partial charge in [0.2, 0.25) is 5.91 Å². The monoisotopic (exact) mass is 380 g/mol. The first-order valence-electron chi connectivity index (χ1n) is 9.03. The van der Waals surface area contributed by atoms with Crippen molar-refractivity contribution in [2.45, 2.75) is 37.1 Å². The van der Waals surface area contributed by atoms with E-state index in [9.17, 15) is 4.79 Å². The zero-order valence-corrected chi connectivity index (χ0v) is 15.8. The maximum absolute atomic E-state index is 12.1. The average Bonchev–Trinajstić information content (AvgIpc) is 3.44. The third-order valence-electron chi connectivity index (χ3n) is 4.36. The molecular weight excluding hydrogens is 360 g/mol. The van der Waals surface area contributed by atoms with E-state index in [2.05, 4.69) is 27.4 Å². The number of aryl methyl sites for hydroxylation is 1. The predicted molar refractivity (Wildman–Crippen MR) is 105 cm³/mol. The van der Waals surface area contributed by atoms with Gasteiger partial charge in [0, 0.05) is 17.8 Å². The van der Waals surface area contributed by atoms with E-state index in [0.29, 0.717) is 17.6 Å². The molecule has 1 amide bonds. The van der Waals surface area contributed by atoms with Crippen LogP contribution in [0.25, 0.3) is 11.5 Å². The largest absolute Gasteiger partial charge is 0.334 e. The number of carbonyl (C=O) groups excluding carboxylic acids is 1. The molecule has 0 saturated heterocycles. The number of rotatable bonds is 7. The number of hydrogen-bond acceptors (Lipinski definition) is 6. The van der Waals surface area contributed by atoms with Gasteiger partial charge in [-0.15, -0.1) is 0 Å². The summed E-state index contributed by atoms with van der Waals surface area (Å²) in [6, 6.07) is 11.7. The molecule has 4 rings (SSSR count). The molecule has 0 radical (unpaired) electrons. The molecule has 7 heteroatoms. The third-order valence-corrected chi connectivity index (χ3v) is 5.31. The van der Waals surface area contributed by atoms with E-state index < -0.39 is 0 Å². The van der Waals surface area contributed by atoms with Crippen LogP contribution in [0, 0.1) is 0 Å². The fourth-order valence-electron chi connectivity index (χ4n) is 2.61. The van der Waals surface area contributed by atoms with Gasteiger partial charge in [0.1, 0.15) is 0 Å². The minimum Gasteiger partial charge on any atom is -0.334 e. The minimum atomic E-state index is -0.0545. The van der Waals surface area contributed by atoms with Gasteiger partial charge in [0.05, 0.1) is 16.3 Å². The normalized spacial score (nSPS) is 13.5. The Morgan fingerprint density at radius 1 is 1.22 bits per heavy atom. The molecule has 2 aromatic heterocycles.